The van der Waals surface area contributed by atoms with Gasteiger partial charge in [-0.3, -0.25) is 9.10 Å². The van der Waals surface area contributed by atoms with Gasteiger partial charge in [-0.05, 0) is 54.8 Å². The standard InChI is InChI=1S/C22H19FN2O3S/c1-15-6-2-4-8-19(15)24-22(26)17-10-11-18(23)21(14-17)29(27,28)25-13-12-16-7-3-5-9-20(16)25/h2-11,14H,12-13H2,1H3,(H,24,26). The number of hydrogen-bond acceptors (Lipinski definition) is 3. The fourth-order valence-electron chi connectivity index (χ4n) is 3.43. The molecule has 3 aromatic rings. The molecular weight excluding hydrogens is 391 g/mol. The number of nitrogens with one attached hydrogen (secondary N) is 1. The van der Waals surface area contributed by atoms with Crippen molar-refractivity contribution in [2.45, 2.75) is 18.2 Å². The van der Waals surface area contributed by atoms with Gasteiger partial charge in [0, 0.05) is 17.8 Å². The van der Waals surface area contributed by atoms with Gasteiger partial charge in [-0.2, -0.15) is 0 Å². The molecule has 5 nitrogen and oxygen atoms in total. The summed E-state index contributed by atoms with van der Waals surface area (Å²) in [5.74, 6) is -1.39. The molecule has 1 aliphatic heterocycles. The van der Waals surface area contributed by atoms with Crippen LogP contribution in [0.15, 0.2) is 71.6 Å². The van der Waals surface area contributed by atoms with Crippen LogP contribution in [0.3, 0.4) is 0 Å². The molecule has 0 radical (unpaired) electrons. The number of benzene rings is 3. The zero-order chi connectivity index (χ0) is 20.6. The minimum absolute atomic E-state index is 0.0701. The molecule has 29 heavy (non-hydrogen) atoms. The first-order valence-electron chi connectivity index (χ1n) is 9.15. The van der Waals surface area contributed by atoms with Gasteiger partial charge in [0.15, 0.2) is 0 Å². The maximum absolute atomic E-state index is 14.5. The minimum Gasteiger partial charge on any atom is -0.322 e. The fraction of sp³-hybridized carbons (Fsp3) is 0.136. The summed E-state index contributed by atoms with van der Waals surface area (Å²) in [6, 6.07) is 17.8. The van der Waals surface area contributed by atoms with Crippen molar-refractivity contribution in [3.63, 3.8) is 0 Å². The van der Waals surface area contributed by atoms with E-state index in [1.165, 1.54) is 10.4 Å². The van der Waals surface area contributed by atoms with E-state index in [0.717, 1.165) is 23.3 Å². The quantitative estimate of drug-likeness (QED) is 0.703. The minimum atomic E-state index is -4.14. The Balaban J connectivity index is 1.69. The molecule has 7 heteroatoms. The zero-order valence-corrected chi connectivity index (χ0v) is 16.5. The number of nitrogens with zero attached hydrogens (tertiary/aromatic N) is 1. The Labute approximate surface area is 168 Å². The van der Waals surface area contributed by atoms with Crippen molar-refractivity contribution in [3.8, 4) is 0 Å². The van der Waals surface area contributed by atoms with Crippen LogP contribution in [-0.2, 0) is 16.4 Å². The van der Waals surface area contributed by atoms with Gasteiger partial charge in [0.25, 0.3) is 15.9 Å². The van der Waals surface area contributed by atoms with Crippen LogP contribution in [0.1, 0.15) is 21.5 Å². The van der Waals surface area contributed by atoms with Crippen LogP contribution < -0.4 is 9.62 Å². The van der Waals surface area contributed by atoms with Crippen LogP contribution in [0.4, 0.5) is 15.8 Å². The van der Waals surface area contributed by atoms with Crippen molar-refractivity contribution < 1.29 is 17.6 Å². The van der Waals surface area contributed by atoms with E-state index >= 15 is 0 Å². The molecule has 1 heterocycles. The van der Waals surface area contributed by atoms with Crippen LogP contribution >= 0.6 is 0 Å². The Morgan fingerprint density at radius 3 is 2.55 bits per heavy atom. The first kappa shape index (κ1) is 19.1. The average Bonchev–Trinajstić information content (AvgIpc) is 3.15. The molecule has 3 aromatic carbocycles. The number of carbonyl (C=O) groups is 1. The molecule has 0 atom stereocenters. The zero-order valence-electron chi connectivity index (χ0n) is 15.7. The number of fused-ring (bicyclic) bond motifs is 1. The van der Waals surface area contributed by atoms with E-state index in [1.807, 2.05) is 31.2 Å². The normalized spacial score (nSPS) is 13.2. The number of halogens is 1. The van der Waals surface area contributed by atoms with E-state index < -0.39 is 26.6 Å². The SMILES string of the molecule is Cc1ccccc1NC(=O)c1ccc(F)c(S(=O)(=O)N2CCc3ccccc32)c1. The summed E-state index contributed by atoms with van der Waals surface area (Å²) in [6.45, 7) is 2.09. The lowest BCUT2D eigenvalue weighted by Gasteiger charge is -2.20. The predicted octanol–water partition coefficient (Wildman–Crippen LogP) is 4.14. The van der Waals surface area contributed by atoms with Gasteiger partial charge in [0.2, 0.25) is 0 Å². The van der Waals surface area contributed by atoms with Gasteiger partial charge in [0.1, 0.15) is 10.7 Å². The molecule has 148 valence electrons. The first-order chi connectivity index (χ1) is 13.9. The molecule has 1 N–H and O–H groups in total. The summed E-state index contributed by atoms with van der Waals surface area (Å²) in [6.07, 6.45) is 0.560. The third-order valence-electron chi connectivity index (χ3n) is 5.00. The number of carbonyl (C=O) groups excluding carboxylic acids is 1. The number of anilines is 2. The fourth-order valence-corrected chi connectivity index (χ4v) is 5.02. The van der Waals surface area contributed by atoms with Crippen molar-refractivity contribution in [2.24, 2.45) is 0 Å². The summed E-state index contributed by atoms with van der Waals surface area (Å²) in [4.78, 5) is 12.1. The van der Waals surface area contributed by atoms with E-state index in [-0.39, 0.29) is 12.1 Å². The number of sulfonamides is 1. The monoisotopic (exact) mass is 410 g/mol. The predicted molar refractivity (Wildman–Crippen MR) is 110 cm³/mol. The number of hydrogen-bond donors (Lipinski definition) is 1. The van der Waals surface area contributed by atoms with Crippen LogP contribution in [0.2, 0.25) is 0 Å². The number of rotatable bonds is 4. The molecular formula is C22H19FN2O3S. The summed E-state index contributed by atoms with van der Waals surface area (Å²) in [7, 11) is -4.14. The van der Waals surface area contributed by atoms with Crippen LogP contribution in [0, 0.1) is 12.7 Å². The molecule has 0 unspecified atom stereocenters. The third-order valence-corrected chi connectivity index (χ3v) is 6.83. The van der Waals surface area contributed by atoms with E-state index in [9.17, 15) is 17.6 Å². The second kappa shape index (κ2) is 7.33. The van der Waals surface area contributed by atoms with E-state index in [0.29, 0.717) is 17.8 Å². The first-order valence-corrected chi connectivity index (χ1v) is 10.6. The summed E-state index contributed by atoms with van der Waals surface area (Å²) in [5.41, 5.74) is 2.98. The summed E-state index contributed by atoms with van der Waals surface area (Å²) >= 11 is 0. The molecule has 0 aliphatic carbocycles. The van der Waals surface area contributed by atoms with Crippen molar-refractivity contribution in [3.05, 3.63) is 89.2 Å². The second-order valence-corrected chi connectivity index (χ2v) is 8.70. The Bertz CT molecular complexity index is 1210. The molecule has 0 bridgehead atoms. The molecule has 0 aromatic heterocycles. The highest BCUT2D eigenvalue weighted by Crippen LogP contribution is 2.33. The Hall–Kier alpha value is -3.19. The summed E-state index contributed by atoms with van der Waals surface area (Å²) in [5, 5.41) is 2.74. The van der Waals surface area contributed by atoms with Crippen LogP contribution in [-0.4, -0.2) is 20.9 Å². The lowest BCUT2D eigenvalue weighted by atomic mass is 10.1. The topological polar surface area (TPSA) is 66.5 Å². The molecule has 0 fully saturated rings. The highest BCUT2D eigenvalue weighted by Gasteiger charge is 2.33. The summed E-state index contributed by atoms with van der Waals surface area (Å²) < 4.78 is 42.0. The van der Waals surface area contributed by atoms with Crippen molar-refractivity contribution in [1.82, 2.24) is 0 Å². The number of para-hydroxylation sites is 2. The maximum Gasteiger partial charge on any atom is 0.267 e. The average molecular weight is 410 g/mol. The molecule has 1 aliphatic rings. The van der Waals surface area contributed by atoms with E-state index in [2.05, 4.69) is 5.32 Å². The van der Waals surface area contributed by atoms with Crippen LogP contribution in [0.25, 0.3) is 0 Å². The van der Waals surface area contributed by atoms with Gasteiger partial charge in [-0.15, -0.1) is 0 Å². The van der Waals surface area contributed by atoms with Gasteiger partial charge in [-0.1, -0.05) is 36.4 Å². The molecule has 0 saturated heterocycles. The Kier molecular flexibility index (Phi) is 4.84. The molecule has 0 spiro atoms. The number of amides is 1. The largest absolute Gasteiger partial charge is 0.322 e. The lowest BCUT2D eigenvalue weighted by Crippen LogP contribution is -2.30. The number of aryl methyl sites for hydroxylation is 1. The highest BCUT2D eigenvalue weighted by molar-refractivity contribution is 7.92. The molecule has 1 amide bonds. The van der Waals surface area contributed by atoms with E-state index in [4.69, 9.17) is 0 Å². The van der Waals surface area contributed by atoms with Gasteiger partial charge < -0.3 is 5.32 Å². The van der Waals surface area contributed by atoms with Crippen molar-refractivity contribution >= 4 is 27.3 Å². The van der Waals surface area contributed by atoms with Gasteiger partial charge >= 0.3 is 0 Å². The second-order valence-electron chi connectivity index (χ2n) is 6.87. The maximum atomic E-state index is 14.5. The Morgan fingerprint density at radius 2 is 1.76 bits per heavy atom. The highest BCUT2D eigenvalue weighted by atomic mass is 32.2. The molecule has 0 saturated carbocycles. The third kappa shape index (κ3) is 3.49. The van der Waals surface area contributed by atoms with E-state index in [1.54, 1.807) is 24.3 Å². The van der Waals surface area contributed by atoms with Gasteiger partial charge in [0.05, 0.1) is 5.69 Å². The smallest absolute Gasteiger partial charge is 0.267 e. The molecule has 4 rings (SSSR count). The van der Waals surface area contributed by atoms with Gasteiger partial charge in [-0.25, -0.2) is 12.8 Å². The van der Waals surface area contributed by atoms with Crippen LogP contribution in [0.5, 0.6) is 0 Å². The van der Waals surface area contributed by atoms with Crippen molar-refractivity contribution in [2.75, 3.05) is 16.2 Å². The lowest BCUT2D eigenvalue weighted by molar-refractivity contribution is 0.102. The Morgan fingerprint density at radius 1 is 1.03 bits per heavy atom. The van der Waals surface area contributed by atoms with Crippen molar-refractivity contribution in [1.29, 1.82) is 0 Å².